The number of benzene rings is 2. The van der Waals surface area contributed by atoms with Crippen LogP contribution in [0.1, 0.15) is 38.8 Å². The van der Waals surface area contributed by atoms with Gasteiger partial charge >= 0.3 is 5.69 Å². The maximum Gasteiger partial charge on any atom is 0.368 e. The fourth-order valence-corrected chi connectivity index (χ4v) is 2.75. The van der Waals surface area contributed by atoms with Gasteiger partial charge in [-0.05, 0) is 35.5 Å². The van der Waals surface area contributed by atoms with Crippen LogP contribution in [0.3, 0.4) is 0 Å². The van der Waals surface area contributed by atoms with Crippen molar-refractivity contribution in [2.75, 3.05) is 0 Å². The van der Waals surface area contributed by atoms with Gasteiger partial charge in [0.25, 0.3) is 0 Å². The summed E-state index contributed by atoms with van der Waals surface area (Å²) in [5.74, 6) is 0.542. The van der Waals surface area contributed by atoms with Crippen LogP contribution in [0, 0.1) is 6.92 Å². The Morgan fingerprint density at radius 2 is 1.55 bits per heavy atom. The van der Waals surface area contributed by atoms with Gasteiger partial charge in [-0.15, -0.1) is 5.10 Å². The van der Waals surface area contributed by atoms with Crippen molar-refractivity contribution in [3.8, 4) is 17.3 Å². The third-order valence-electron chi connectivity index (χ3n) is 4.18. The van der Waals surface area contributed by atoms with Gasteiger partial charge in [0, 0.05) is 24.4 Å². The van der Waals surface area contributed by atoms with E-state index in [2.05, 4.69) is 15.5 Å². The normalized spacial score (nSPS) is 9.87. The van der Waals surface area contributed by atoms with E-state index in [9.17, 15) is 4.79 Å². The molecule has 2 aromatic heterocycles. The Morgan fingerprint density at radius 1 is 0.903 bits per heavy atom. The van der Waals surface area contributed by atoms with Crippen LogP contribution in [-0.4, -0.2) is 29.6 Å². The van der Waals surface area contributed by atoms with Crippen LogP contribution in [0.15, 0.2) is 65.6 Å². The summed E-state index contributed by atoms with van der Waals surface area (Å²) >= 11 is 0. The molecule has 164 valence electrons. The number of ether oxygens (including phenoxy) is 1. The minimum atomic E-state index is -0.313. The molecule has 8 nitrogen and oxygen atoms in total. The van der Waals surface area contributed by atoms with E-state index in [1.807, 2.05) is 95.4 Å². The zero-order valence-electron chi connectivity index (χ0n) is 19.0. The molecule has 0 atom stereocenters. The quantitative estimate of drug-likeness (QED) is 0.484. The predicted octanol–water partition coefficient (Wildman–Crippen LogP) is 4.09. The first-order chi connectivity index (χ1) is 15.1. The molecule has 0 spiro atoms. The molecule has 0 saturated heterocycles. The third kappa shape index (κ3) is 5.48. The number of hydrogen-bond donors (Lipinski definition) is 0. The van der Waals surface area contributed by atoms with E-state index in [-0.39, 0.29) is 12.3 Å². The van der Waals surface area contributed by atoms with Crippen molar-refractivity contribution in [1.82, 2.24) is 29.6 Å². The van der Waals surface area contributed by atoms with Crippen LogP contribution >= 0.6 is 0 Å². The molecule has 0 saturated carbocycles. The molecule has 0 unspecified atom stereocenters. The Labute approximate surface area is 182 Å². The maximum absolute atomic E-state index is 12.2. The van der Waals surface area contributed by atoms with Crippen LogP contribution in [0.4, 0.5) is 0 Å². The Hall–Kier alpha value is -3.68. The standard InChI is InChI=1S/C19H18N6O2.2C2H6/c1-14-12-24(16-9-4-3-5-10-16)20-18(14)27-13-15-8-6-7-11-17(15)25-19(26)23(2)21-22-25;2*1-2/h3-12H,13H2,1-2H3;2*1-2H3. The van der Waals surface area contributed by atoms with Gasteiger partial charge in [0.15, 0.2) is 0 Å². The highest BCUT2D eigenvalue weighted by atomic mass is 16.5. The second-order valence-electron chi connectivity index (χ2n) is 6.11. The summed E-state index contributed by atoms with van der Waals surface area (Å²) in [7, 11) is 1.56. The molecule has 4 rings (SSSR count). The van der Waals surface area contributed by atoms with Crippen molar-refractivity contribution in [3.05, 3.63) is 82.4 Å². The zero-order chi connectivity index (χ0) is 22.8. The minimum absolute atomic E-state index is 0.256. The number of rotatable bonds is 5. The fraction of sp³-hybridized carbons (Fsp3) is 0.304. The lowest BCUT2D eigenvalue weighted by Gasteiger charge is -2.09. The number of aromatic nitrogens is 6. The fourth-order valence-electron chi connectivity index (χ4n) is 2.75. The summed E-state index contributed by atoms with van der Waals surface area (Å²) < 4.78 is 10.2. The van der Waals surface area contributed by atoms with E-state index in [1.165, 1.54) is 9.36 Å². The smallest absolute Gasteiger partial charge is 0.368 e. The van der Waals surface area contributed by atoms with Gasteiger partial charge in [-0.25, -0.2) is 9.48 Å². The van der Waals surface area contributed by atoms with Crippen molar-refractivity contribution < 1.29 is 4.74 Å². The molecule has 0 aliphatic carbocycles. The summed E-state index contributed by atoms with van der Waals surface area (Å²) in [6, 6.07) is 17.3. The maximum atomic E-state index is 12.2. The molecule has 0 radical (unpaired) electrons. The topological polar surface area (TPSA) is 79.8 Å². The largest absolute Gasteiger partial charge is 0.471 e. The Bertz CT molecular complexity index is 1130. The van der Waals surface area contributed by atoms with Crippen molar-refractivity contribution >= 4 is 0 Å². The van der Waals surface area contributed by atoms with Crippen molar-refractivity contribution in [2.24, 2.45) is 7.05 Å². The molecule has 4 aromatic rings. The first-order valence-electron chi connectivity index (χ1n) is 10.5. The molecule has 2 aromatic carbocycles. The van der Waals surface area contributed by atoms with Crippen LogP contribution in [0.2, 0.25) is 0 Å². The van der Waals surface area contributed by atoms with Gasteiger partial charge in [-0.2, -0.15) is 9.36 Å². The molecule has 8 heteroatoms. The monoisotopic (exact) mass is 422 g/mol. The average molecular weight is 423 g/mol. The van der Waals surface area contributed by atoms with Crippen LogP contribution in [0.25, 0.3) is 11.4 Å². The Kier molecular flexibility index (Phi) is 8.75. The molecule has 0 amide bonds. The summed E-state index contributed by atoms with van der Waals surface area (Å²) in [4.78, 5) is 12.2. The van der Waals surface area contributed by atoms with E-state index in [4.69, 9.17) is 4.74 Å². The summed E-state index contributed by atoms with van der Waals surface area (Å²) in [5, 5.41) is 12.2. The molecule has 31 heavy (non-hydrogen) atoms. The molecule has 0 aliphatic rings. The summed E-state index contributed by atoms with van der Waals surface area (Å²) in [5.41, 5.74) is 3.02. The second-order valence-corrected chi connectivity index (χ2v) is 6.11. The highest BCUT2D eigenvalue weighted by Crippen LogP contribution is 2.20. The number of nitrogens with zero attached hydrogens (tertiary/aromatic N) is 6. The molecular formula is C23H30N6O2. The first-order valence-corrected chi connectivity index (χ1v) is 10.5. The third-order valence-corrected chi connectivity index (χ3v) is 4.18. The SMILES string of the molecule is CC.CC.Cc1cn(-c2ccccc2)nc1OCc1ccccc1-n1nnn(C)c1=O. The minimum Gasteiger partial charge on any atom is -0.471 e. The number of aryl methyl sites for hydroxylation is 2. The summed E-state index contributed by atoms with van der Waals surface area (Å²) in [6.45, 7) is 10.2. The Morgan fingerprint density at radius 3 is 2.19 bits per heavy atom. The van der Waals surface area contributed by atoms with Crippen molar-refractivity contribution in [3.63, 3.8) is 0 Å². The van der Waals surface area contributed by atoms with Crippen LogP contribution in [-0.2, 0) is 13.7 Å². The number of hydrogen-bond acceptors (Lipinski definition) is 5. The van der Waals surface area contributed by atoms with E-state index >= 15 is 0 Å². The molecule has 0 bridgehead atoms. The second kappa shape index (κ2) is 11.5. The van der Waals surface area contributed by atoms with Gasteiger partial charge in [0.2, 0.25) is 5.88 Å². The van der Waals surface area contributed by atoms with Crippen molar-refractivity contribution in [2.45, 2.75) is 41.2 Å². The Balaban J connectivity index is 0.000000807. The molecule has 0 fully saturated rings. The van der Waals surface area contributed by atoms with Gasteiger partial charge in [0.05, 0.1) is 11.4 Å². The van der Waals surface area contributed by atoms with Gasteiger partial charge in [-0.3, -0.25) is 0 Å². The highest BCUT2D eigenvalue weighted by molar-refractivity contribution is 5.40. The predicted molar refractivity (Wildman–Crippen MR) is 122 cm³/mol. The molecular weight excluding hydrogens is 392 g/mol. The molecule has 2 heterocycles. The zero-order valence-corrected chi connectivity index (χ0v) is 19.0. The van der Waals surface area contributed by atoms with Gasteiger partial charge in [-0.1, -0.05) is 64.1 Å². The number of para-hydroxylation sites is 2. The summed E-state index contributed by atoms with van der Waals surface area (Å²) in [6.07, 6.45) is 1.92. The highest BCUT2D eigenvalue weighted by Gasteiger charge is 2.13. The lowest BCUT2D eigenvalue weighted by Crippen LogP contribution is -2.23. The van der Waals surface area contributed by atoms with E-state index in [0.717, 1.165) is 16.8 Å². The molecule has 0 aliphatic heterocycles. The lowest BCUT2D eigenvalue weighted by molar-refractivity contribution is 0.289. The van der Waals surface area contributed by atoms with E-state index in [1.54, 1.807) is 11.7 Å². The van der Waals surface area contributed by atoms with Gasteiger partial charge < -0.3 is 4.74 Å². The van der Waals surface area contributed by atoms with Crippen molar-refractivity contribution in [1.29, 1.82) is 0 Å². The van der Waals surface area contributed by atoms with Crippen LogP contribution in [0.5, 0.6) is 5.88 Å². The van der Waals surface area contributed by atoms with Gasteiger partial charge in [0.1, 0.15) is 6.61 Å². The first kappa shape index (κ1) is 23.6. The van der Waals surface area contributed by atoms with Crippen LogP contribution < -0.4 is 10.4 Å². The van der Waals surface area contributed by atoms with E-state index in [0.29, 0.717) is 11.6 Å². The number of tetrazole rings is 1. The average Bonchev–Trinajstić information content (AvgIpc) is 3.37. The lowest BCUT2D eigenvalue weighted by atomic mass is 10.2. The molecule has 0 N–H and O–H groups in total. The van der Waals surface area contributed by atoms with E-state index < -0.39 is 0 Å².